The number of nitrogens with one attached hydrogen (secondary N) is 3. The minimum Gasteiger partial charge on any atom is -0.366 e. The number of nitrogens with two attached hydrogens (primary N) is 1. The first-order valence-electron chi connectivity index (χ1n) is 11.4. The second-order valence-corrected chi connectivity index (χ2v) is 8.61. The second-order valence-electron chi connectivity index (χ2n) is 8.61. The van der Waals surface area contributed by atoms with E-state index in [1.807, 2.05) is 25.1 Å². The molecule has 10 nitrogen and oxygen atoms in total. The van der Waals surface area contributed by atoms with E-state index in [1.165, 1.54) is 6.20 Å². The largest absolute Gasteiger partial charge is 0.366 e. The first-order chi connectivity index (χ1) is 16.5. The van der Waals surface area contributed by atoms with Gasteiger partial charge in [0.2, 0.25) is 0 Å². The van der Waals surface area contributed by atoms with E-state index in [0.29, 0.717) is 34.4 Å². The fourth-order valence-electron chi connectivity index (χ4n) is 4.07. The molecule has 34 heavy (non-hydrogen) atoms. The van der Waals surface area contributed by atoms with E-state index in [2.05, 4.69) is 30.9 Å². The van der Waals surface area contributed by atoms with E-state index >= 15 is 0 Å². The number of aromatic nitrogens is 5. The minimum absolute atomic E-state index is 0.260. The number of carbonyl (C=O) groups excluding carboxylic acids is 1. The SMILES string of the molecule is Cc1ccc(Nc2cc(NC3CCC(N)CC3)nn3c(C(=O)Nc4ccncc4)cnc23)nc1. The summed E-state index contributed by atoms with van der Waals surface area (Å²) in [7, 11) is 0. The molecule has 5 N–H and O–H groups in total. The van der Waals surface area contributed by atoms with Gasteiger partial charge in [-0.1, -0.05) is 6.07 Å². The number of hydrogen-bond donors (Lipinski definition) is 4. The number of nitrogens with zero attached hydrogens (tertiary/aromatic N) is 5. The number of amides is 1. The maximum absolute atomic E-state index is 13.0. The fraction of sp³-hybridized carbons (Fsp3) is 0.292. The fourth-order valence-corrected chi connectivity index (χ4v) is 4.07. The lowest BCUT2D eigenvalue weighted by molar-refractivity contribution is 0.102. The molecule has 4 aromatic rings. The summed E-state index contributed by atoms with van der Waals surface area (Å²) in [5.74, 6) is 1.02. The van der Waals surface area contributed by atoms with Gasteiger partial charge >= 0.3 is 0 Å². The van der Waals surface area contributed by atoms with Crippen molar-refractivity contribution in [1.82, 2.24) is 24.6 Å². The number of pyridine rings is 2. The monoisotopic (exact) mass is 457 g/mol. The predicted molar refractivity (Wildman–Crippen MR) is 131 cm³/mol. The van der Waals surface area contributed by atoms with Gasteiger partial charge < -0.3 is 21.7 Å². The van der Waals surface area contributed by atoms with Gasteiger partial charge in [0, 0.05) is 42.4 Å². The van der Waals surface area contributed by atoms with Crippen LogP contribution in [0.1, 0.15) is 41.7 Å². The van der Waals surface area contributed by atoms with E-state index in [0.717, 1.165) is 31.2 Å². The lowest BCUT2D eigenvalue weighted by atomic mass is 9.92. The molecule has 0 radical (unpaired) electrons. The summed E-state index contributed by atoms with van der Waals surface area (Å²) in [4.78, 5) is 25.9. The van der Waals surface area contributed by atoms with Crippen LogP contribution in [0, 0.1) is 6.92 Å². The summed E-state index contributed by atoms with van der Waals surface area (Å²) in [6, 6.07) is 9.78. The minimum atomic E-state index is -0.314. The number of hydrogen-bond acceptors (Lipinski definition) is 8. The topological polar surface area (TPSA) is 135 Å². The number of imidazole rings is 1. The Hall–Kier alpha value is -4.05. The van der Waals surface area contributed by atoms with Crippen molar-refractivity contribution in [2.45, 2.75) is 44.7 Å². The Morgan fingerprint density at radius 3 is 2.56 bits per heavy atom. The molecule has 0 bridgehead atoms. The van der Waals surface area contributed by atoms with Crippen LogP contribution < -0.4 is 21.7 Å². The quantitative estimate of drug-likeness (QED) is 0.345. The van der Waals surface area contributed by atoms with Crippen LogP contribution >= 0.6 is 0 Å². The third-order valence-electron chi connectivity index (χ3n) is 5.94. The van der Waals surface area contributed by atoms with Crippen LogP contribution in [0.25, 0.3) is 5.65 Å². The average molecular weight is 458 g/mol. The Morgan fingerprint density at radius 2 is 1.82 bits per heavy atom. The highest BCUT2D eigenvalue weighted by atomic mass is 16.2. The van der Waals surface area contributed by atoms with Gasteiger partial charge in [-0.15, -0.1) is 5.10 Å². The molecule has 0 saturated heterocycles. The van der Waals surface area contributed by atoms with Crippen molar-refractivity contribution >= 4 is 34.6 Å². The number of anilines is 4. The highest BCUT2D eigenvalue weighted by Gasteiger charge is 2.21. The van der Waals surface area contributed by atoms with E-state index < -0.39 is 0 Å². The standard InChI is InChI=1S/C24H27N9O/c1-15-2-7-21(27-13-15)31-19-12-22(29-17-5-3-16(25)4-6-17)32-33-20(14-28-23(19)33)24(34)30-18-8-10-26-11-9-18/h2,7-14,16-17H,3-6,25H2,1H3,(H,27,31)(H,29,32)(H,26,30,34). The van der Waals surface area contributed by atoms with Gasteiger partial charge in [-0.3, -0.25) is 9.78 Å². The van der Waals surface area contributed by atoms with Gasteiger partial charge in [-0.05, 0) is 56.4 Å². The maximum atomic E-state index is 13.0. The molecule has 0 aromatic carbocycles. The Balaban J connectivity index is 1.49. The van der Waals surface area contributed by atoms with Gasteiger partial charge in [0.15, 0.2) is 11.3 Å². The molecule has 1 fully saturated rings. The van der Waals surface area contributed by atoms with Crippen molar-refractivity contribution in [1.29, 1.82) is 0 Å². The third kappa shape index (κ3) is 4.81. The van der Waals surface area contributed by atoms with Gasteiger partial charge in [-0.2, -0.15) is 0 Å². The van der Waals surface area contributed by atoms with Crippen molar-refractivity contribution in [2.24, 2.45) is 5.73 Å². The summed E-state index contributed by atoms with van der Waals surface area (Å²) < 4.78 is 1.56. The lowest BCUT2D eigenvalue weighted by Crippen LogP contribution is -2.33. The molecule has 4 heterocycles. The van der Waals surface area contributed by atoms with Crippen molar-refractivity contribution in [3.8, 4) is 0 Å². The van der Waals surface area contributed by atoms with E-state index in [-0.39, 0.29) is 18.0 Å². The maximum Gasteiger partial charge on any atom is 0.276 e. The van der Waals surface area contributed by atoms with Crippen molar-refractivity contribution in [3.63, 3.8) is 0 Å². The molecule has 0 unspecified atom stereocenters. The molecule has 5 rings (SSSR count). The van der Waals surface area contributed by atoms with E-state index in [4.69, 9.17) is 10.8 Å². The number of fused-ring (bicyclic) bond motifs is 1. The molecule has 0 atom stereocenters. The van der Waals surface area contributed by atoms with Gasteiger partial charge in [-0.25, -0.2) is 14.5 Å². The average Bonchev–Trinajstić information content (AvgIpc) is 3.27. The summed E-state index contributed by atoms with van der Waals surface area (Å²) in [6.45, 7) is 1.99. The number of carbonyl (C=O) groups is 1. The van der Waals surface area contributed by atoms with Gasteiger partial charge in [0.05, 0.1) is 11.9 Å². The highest BCUT2D eigenvalue weighted by Crippen LogP contribution is 2.26. The molecule has 10 heteroatoms. The molecule has 174 valence electrons. The first-order valence-corrected chi connectivity index (χ1v) is 11.4. The smallest absolute Gasteiger partial charge is 0.276 e. The third-order valence-corrected chi connectivity index (χ3v) is 5.94. The number of aryl methyl sites for hydroxylation is 1. The van der Waals surface area contributed by atoms with Crippen LogP contribution in [0.5, 0.6) is 0 Å². The first kappa shape index (κ1) is 21.8. The Kier molecular flexibility index (Phi) is 6.05. The molecule has 1 amide bonds. The van der Waals surface area contributed by atoms with Gasteiger partial charge in [0.25, 0.3) is 5.91 Å². The molecule has 1 saturated carbocycles. The van der Waals surface area contributed by atoms with Crippen LogP contribution in [-0.4, -0.2) is 42.6 Å². The normalized spacial score (nSPS) is 17.9. The van der Waals surface area contributed by atoms with Crippen molar-refractivity contribution < 1.29 is 4.79 Å². The second kappa shape index (κ2) is 9.44. The Morgan fingerprint density at radius 1 is 1.03 bits per heavy atom. The zero-order valence-corrected chi connectivity index (χ0v) is 18.9. The number of rotatable bonds is 6. The van der Waals surface area contributed by atoms with E-state index in [9.17, 15) is 4.79 Å². The zero-order chi connectivity index (χ0) is 23.5. The molecule has 0 aliphatic heterocycles. The summed E-state index contributed by atoms with van der Waals surface area (Å²) in [6.07, 6.45) is 10.5. The molecule has 1 aliphatic carbocycles. The van der Waals surface area contributed by atoms with E-state index in [1.54, 1.807) is 35.2 Å². The van der Waals surface area contributed by atoms with Crippen molar-refractivity contribution in [3.05, 3.63) is 66.4 Å². The summed E-state index contributed by atoms with van der Waals surface area (Å²) >= 11 is 0. The summed E-state index contributed by atoms with van der Waals surface area (Å²) in [5.41, 5.74) is 9.32. The Labute approximate surface area is 197 Å². The van der Waals surface area contributed by atoms with Crippen molar-refractivity contribution in [2.75, 3.05) is 16.0 Å². The lowest BCUT2D eigenvalue weighted by Gasteiger charge is -2.27. The molecule has 4 aromatic heterocycles. The van der Waals surface area contributed by atoms with Crippen LogP contribution in [0.3, 0.4) is 0 Å². The highest BCUT2D eigenvalue weighted by molar-refractivity contribution is 6.03. The Bertz CT molecular complexity index is 1280. The predicted octanol–water partition coefficient (Wildman–Crippen LogP) is 3.51. The van der Waals surface area contributed by atoms with Gasteiger partial charge in [0.1, 0.15) is 11.6 Å². The zero-order valence-electron chi connectivity index (χ0n) is 18.9. The van der Waals surface area contributed by atoms with Crippen LogP contribution in [-0.2, 0) is 0 Å². The van der Waals surface area contributed by atoms with Crippen LogP contribution in [0.15, 0.2) is 55.1 Å². The molecule has 1 aliphatic rings. The summed E-state index contributed by atoms with van der Waals surface area (Å²) in [5, 5.41) is 14.4. The van der Waals surface area contributed by atoms with Crippen LogP contribution in [0.4, 0.5) is 23.0 Å². The van der Waals surface area contributed by atoms with Crippen LogP contribution in [0.2, 0.25) is 0 Å². The molecule has 0 spiro atoms. The molecular formula is C24H27N9O. The molecular weight excluding hydrogens is 430 g/mol.